The molecule has 27 heavy (non-hydrogen) atoms. The Hall–Kier alpha value is -3.12. The van der Waals surface area contributed by atoms with Crippen LogP contribution in [0.4, 0.5) is 16.2 Å². The molecule has 6 heteroatoms. The summed E-state index contributed by atoms with van der Waals surface area (Å²) in [5.74, 6) is 1.05. The van der Waals surface area contributed by atoms with Crippen molar-refractivity contribution in [3.63, 3.8) is 0 Å². The Morgan fingerprint density at radius 1 is 0.778 bits per heavy atom. The van der Waals surface area contributed by atoms with Gasteiger partial charge in [-0.2, -0.15) is 0 Å². The molecule has 0 aliphatic heterocycles. The molecule has 0 aliphatic carbocycles. The lowest BCUT2D eigenvalue weighted by atomic mass is 10.2. The second kappa shape index (κ2) is 9.00. The van der Waals surface area contributed by atoms with Crippen molar-refractivity contribution in [1.82, 2.24) is 0 Å². The van der Waals surface area contributed by atoms with Crippen molar-refractivity contribution in [1.29, 1.82) is 0 Å². The van der Waals surface area contributed by atoms with Gasteiger partial charge >= 0.3 is 6.03 Å². The minimum Gasteiger partial charge on any atom is -0.494 e. The summed E-state index contributed by atoms with van der Waals surface area (Å²) in [4.78, 5) is 14.6. The Bertz CT molecular complexity index is 894. The standard InChI is InChI=1S/C21H20N2O3S/c1-25-17-12-8-13-18(26-2)20(17)23-21(24)22-16-11-6-7-14-19(16)27-15-9-4-3-5-10-15/h3-14H,1-2H3,(H2,22,23,24). The number of benzene rings is 3. The van der Waals surface area contributed by atoms with Crippen LogP contribution in [-0.2, 0) is 0 Å². The van der Waals surface area contributed by atoms with E-state index in [0.717, 1.165) is 15.5 Å². The van der Waals surface area contributed by atoms with E-state index in [9.17, 15) is 4.79 Å². The van der Waals surface area contributed by atoms with Gasteiger partial charge in [-0.15, -0.1) is 0 Å². The van der Waals surface area contributed by atoms with Crippen LogP contribution in [0, 0.1) is 0 Å². The summed E-state index contributed by atoms with van der Waals surface area (Å²) >= 11 is 1.59. The zero-order chi connectivity index (χ0) is 19.1. The number of para-hydroxylation sites is 2. The largest absolute Gasteiger partial charge is 0.494 e. The molecule has 3 rings (SSSR count). The third kappa shape index (κ3) is 4.74. The summed E-state index contributed by atoms with van der Waals surface area (Å²) in [6.07, 6.45) is 0. The van der Waals surface area contributed by atoms with E-state index in [2.05, 4.69) is 10.6 Å². The van der Waals surface area contributed by atoms with E-state index >= 15 is 0 Å². The van der Waals surface area contributed by atoms with Crippen LogP contribution in [0.15, 0.2) is 82.6 Å². The van der Waals surface area contributed by atoms with Crippen LogP contribution in [-0.4, -0.2) is 20.3 Å². The lowest BCUT2D eigenvalue weighted by molar-refractivity contribution is 0.262. The van der Waals surface area contributed by atoms with Crippen LogP contribution in [0.1, 0.15) is 0 Å². The van der Waals surface area contributed by atoms with Crippen LogP contribution in [0.3, 0.4) is 0 Å². The van der Waals surface area contributed by atoms with Crippen LogP contribution in [0.5, 0.6) is 11.5 Å². The van der Waals surface area contributed by atoms with E-state index in [0.29, 0.717) is 17.2 Å². The summed E-state index contributed by atoms with van der Waals surface area (Å²) in [5.41, 5.74) is 1.20. The smallest absolute Gasteiger partial charge is 0.323 e. The Kier molecular flexibility index (Phi) is 6.22. The first-order valence-electron chi connectivity index (χ1n) is 8.32. The number of rotatable bonds is 6. The Labute approximate surface area is 162 Å². The van der Waals surface area contributed by atoms with E-state index in [-0.39, 0.29) is 6.03 Å². The predicted molar refractivity (Wildman–Crippen MR) is 109 cm³/mol. The maximum Gasteiger partial charge on any atom is 0.323 e. The maximum atomic E-state index is 12.6. The Balaban J connectivity index is 1.78. The van der Waals surface area contributed by atoms with Crippen molar-refractivity contribution in [2.24, 2.45) is 0 Å². The molecule has 0 radical (unpaired) electrons. The van der Waals surface area contributed by atoms with Crippen molar-refractivity contribution in [3.8, 4) is 11.5 Å². The maximum absolute atomic E-state index is 12.6. The zero-order valence-corrected chi connectivity index (χ0v) is 15.9. The molecule has 3 aromatic carbocycles. The minimum atomic E-state index is -0.376. The van der Waals surface area contributed by atoms with Gasteiger partial charge in [0.05, 0.1) is 19.9 Å². The number of carbonyl (C=O) groups excluding carboxylic acids is 1. The minimum absolute atomic E-state index is 0.376. The Morgan fingerprint density at radius 2 is 1.41 bits per heavy atom. The van der Waals surface area contributed by atoms with Crippen LogP contribution >= 0.6 is 11.8 Å². The molecule has 2 amide bonds. The fourth-order valence-corrected chi connectivity index (χ4v) is 3.44. The quantitative estimate of drug-likeness (QED) is 0.593. The fraction of sp³-hybridized carbons (Fsp3) is 0.0952. The predicted octanol–water partition coefficient (Wildman–Crippen LogP) is 5.50. The molecule has 0 spiro atoms. The molecule has 0 unspecified atom stereocenters. The molecule has 2 N–H and O–H groups in total. The van der Waals surface area contributed by atoms with E-state index in [4.69, 9.17) is 9.47 Å². The molecule has 0 bridgehead atoms. The van der Waals surface area contributed by atoms with Crippen LogP contribution in [0.2, 0.25) is 0 Å². The highest BCUT2D eigenvalue weighted by atomic mass is 32.2. The molecule has 0 aliphatic rings. The molecule has 0 aromatic heterocycles. The summed E-state index contributed by atoms with van der Waals surface area (Å²) in [6, 6.07) is 22.6. The summed E-state index contributed by atoms with van der Waals surface area (Å²) < 4.78 is 10.6. The molecule has 138 valence electrons. The molecule has 0 atom stereocenters. The first-order chi connectivity index (χ1) is 13.2. The number of anilines is 2. The van der Waals surface area contributed by atoms with E-state index in [1.807, 2.05) is 54.6 Å². The van der Waals surface area contributed by atoms with E-state index < -0.39 is 0 Å². The van der Waals surface area contributed by atoms with Crippen molar-refractivity contribution in [3.05, 3.63) is 72.8 Å². The highest BCUT2D eigenvalue weighted by Crippen LogP contribution is 2.35. The number of hydrogen-bond donors (Lipinski definition) is 2. The molecular weight excluding hydrogens is 360 g/mol. The van der Waals surface area contributed by atoms with Gasteiger partial charge in [-0.1, -0.05) is 48.2 Å². The van der Waals surface area contributed by atoms with E-state index in [1.165, 1.54) is 0 Å². The number of carbonyl (C=O) groups is 1. The van der Waals surface area contributed by atoms with Gasteiger partial charge in [0, 0.05) is 9.79 Å². The van der Waals surface area contributed by atoms with Gasteiger partial charge in [-0.05, 0) is 36.4 Å². The van der Waals surface area contributed by atoms with Crippen LogP contribution in [0.25, 0.3) is 0 Å². The fourth-order valence-electron chi connectivity index (χ4n) is 2.52. The molecule has 5 nitrogen and oxygen atoms in total. The highest BCUT2D eigenvalue weighted by Gasteiger charge is 2.14. The number of hydrogen-bond acceptors (Lipinski definition) is 4. The van der Waals surface area contributed by atoms with Gasteiger partial charge in [0.25, 0.3) is 0 Å². The number of nitrogens with one attached hydrogen (secondary N) is 2. The second-order valence-corrected chi connectivity index (χ2v) is 6.64. The van der Waals surface area contributed by atoms with Gasteiger partial charge in [0.15, 0.2) is 0 Å². The average molecular weight is 380 g/mol. The third-order valence-corrected chi connectivity index (χ3v) is 4.86. The summed E-state index contributed by atoms with van der Waals surface area (Å²) in [6.45, 7) is 0. The lowest BCUT2D eigenvalue weighted by Crippen LogP contribution is -2.20. The number of urea groups is 1. The molecular formula is C21H20N2O3S. The van der Waals surface area contributed by atoms with Crippen LogP contribution < -0.4 is 20.1 Å². The molecule has 0 heterocycles. The SMILES string of the molecule is COc1cccc(OC)c1NC(=O)Nc1ccccc1Sc1ccccc1. The van der Waals surface area contributed by atoms with Gasteiger partial charge in [0.2, 0.25) is 0 Å². The van der Waals surface area contributed by atoms with Crippen molar-refractivity contribution in [2.45, 2.75) is 9.79 Å². The number of amides is 2. The first kappa shape index (κ1) is 18.7. The number of ether oxygens (including phenoxy) is 2. The van der Waals surface area contributed by atoms with Gasteiger partial charge in [-0.3, -0.25) is 0 Å². The number of methoxy groups -OCH3 is 2. The Morgan fingerprint density at radius 3 is 2.07 bits per heavy atom. The van der Waals surface area contributed by atoms with E-state index in [1.54, 1.807) is 44.2 Å². The summed E-state index contributed by atoms with van der Waals surface area (Å²) in [5, 5.41) is 5.71. The summed E-state index contributed by atoms with van der Waals surface area (Å²) in [7, 11) is 3.09. The highest BCUT2D eigenvalue weighted by molar-refractivity contribution is 7.99. The first-order valence-corrected chi connectivity index (χ1v) is 9.14. The molecule has 0 saturated carbocycles. The normalized spacial score (nSPS) is 10.1. The van der Waals surface area contributed by atoms with Crippen molar-refractivity contribution < 1.29 is 14.3 Å². The molecule has 0 saturated heterocycles. The zero-order valence-electron chi connectivity index (χ0n) is 15.1. The second-order valence-electron chi connectivity index (χ2n) is 5.53. The third-order valence-electron chi connectivity index (χ3n) is 3.77. The lowest BCUT2D eigenvalue weighted by Gasteiger charge is -2.15. The molecule has 0 fully saturated rings. The van der Waals surface area contributed by atoms with Gasteiger partial charge in [-0.25, -0.2) is 4.79 Å². The monoisotopic (exact) mass is 380 g/mol. The van der Waals surface area contributed by atoms with Gasteiger partial charge in [0.1, 0.15) is 17.2 Å². The topological polar surface area (TPSA) is 59.6 Å². The van der Waals surface area contributed by atoms with Gasteiger partial charge < -0.3 is 20.1 Å². The van der Waals surface area contributed by atoms with Crippen molar-refractivity contribution in [2.75, 3.05) is 24.9 Å². The van der Waals surface area contributed by atoms with Crippen molar-refractivity contribution >= 4 is 29.2 Å². The average Bonchev–Trinajstić information content (AvgIpc) is 2.70. The molecule has 3 aromatic rings.